The van der Waals surface area contributed by atoms with E-state index in [0.717, 1.165) is 62.5 Å². The van der Waals surface area contributed by atoms with Crippen LogP contribution in [0.5, 0.6) is 17.2 Å². The molecule has 2 unspecified atom stereocenters. The molecule has 0 aromatic heterocycles. The summed E-state index contributed by atoms with van der Waals surface area (Å²) in [4.78, 5) is 38.5. The zero-order valence-corrected chi connectivity index (χ0v) is 31.0. The van der Waals surface area contributed by atoms with Gasteiger partial charge in [0.15, 0.2) is 11.5 Å². The molecule has 4 aromatic carbocycles. The second kappa shape index (κ2) is 15.2. The van der Waals surface area contributed by atoms with E-state index in [2.05, 4.69) is 34.1 Å². The van der Waals surface area contributed by atoms with Crippen LogP contribution in [0.1, 0.15) is 57.9 Å². The highest BCUT2D eigenvalue weighted by Gasteiger charge is 2.43. The molecular weight excluding hydrogens is 707 g/mol. The first-order valence-corrected chi connectivity index (χ1v) is 19.4. The third kappa shape index (κ3) is 6.76. The number of rotatable bonds is 8. The number of carbonyl (C=O) groups is 2. The van der Waals surface area contributed by atoms with Crippen LogP contribution in [0.25, 0.3) is 0 Å². The molecule has 0 aliphatic carbocycles. The third-order valence-corrected chi connectivity index (χ3v) is 11.7. The van der Waals surface area contributed by atoms with E-state index in [0.29, 0.717) is 53.4 Å². The molecule has 0 bridgehead atoms. The first kappa shape index (κ1) is 35.6. The summed E-state index contributed by atoms with van der Waals surface area (Å²) < 4.78 is 17.4. The van der Waals surface area contributed by atoms with Crippen molar-refractivity contribution in [2.45, 2.75) is 50.4 Å². The standard InChI is InChI=1S/C45H43N5O6/c46-27-30-5-3-9-36(23-30)49(34-11-14-37(51)15-12-34)45(53)41-10-4-8-33-13-16-40(50(33)41)38-25-42-43(56-29-55-42)26-39(38)44(52)48-28-32-7-2-1-6-31(32)24-35(48)17-18-47-19-21-54-22-20-47/h1-12,14-15,23,25-26,35,40-41,51H,13,16-22,24,28-29H2/t35-,40?,41?/m1/s1. The number of anilines is 2. The highest BCUT2D eigenvalue weighted by molar-refractivity contribution is 6.05. The van der Waals surface area contributed by atoms with E-state index in [1.54, 1.807) is 53.4 Å². The molecule has 56 heavy (non-hydrogen) atoms. The summed E-state index contributed by atoms with van der Waals surface area (Å²) in [5, 5.41) is 19.9. The van der Waals surface area contributed by atoms with Crippen molar-refractivity contribution in [2.24, 2.45) is 0 Å². The Balaban J connectivity index is 1.08. The molecule has 2 fully saturated rings. The van der Waals surface area contributed by atoms with Crippen molar-refractivity contribution in [2.75, 3.05) is 44.5 Å². The molecular formula is C45H43N5O6. The van der Waals surface area contributed by atoms with Crippen molar-refractivity contribution in [1.82, 2.24) is 14.7 Å². The number of phenolic OH excluding ortho intramolecular Hbond substituents is 1. The van der Waals surface area contributed by atoms with E-state index in [1.807, 2.05) is 41.3 Å². The number of amides is 2. The number of carbonyl (C=O) groups excluding carboxylic acids is 2. The Bertz CT molecular complexity index is 2260. The largest absolute Gasteiger partial charge is 0.508 e. The Kier molecular flexibility index (Phi) is 9.67. The van der Waals surface area contributed by atoms with Crippen LogP contribution < -0.4 is 14.4 Å². The summed E-state index contributed by atoms with van der Waals surface area (Å²) >= 11 is 0. The van der Waals surface area contributed by atoms with E-state index < -0.39 is 6.04 Å². The highest BCUT2D eigenvalue weighted by Crippen LogP contribution is 2.47. The average Bonchev–Trinajstić information content (AvgIpc) is 3.90. The van der Waals surface area contributed by atoms with Crippen LogP contribution in [0.2, 0.25) is 0 Å². The molecule has 1 N–H and O–H groups in total. The lowest BCUT2D eigenvalue weighted by Crippen LogP contribution is -2.48. The first-order valence-electron chi connectivity index (χ1n) is 19.4. The van der Waals surface area contributed by atoms with Gasteiger partial charge in [0.25, 0.3) is 11.8 Å². The molecule has 4 aromatic rings. The van der Waals surface area contributed by atoms with Gasteiger partial charge in [0.05, 0.1) is 36.6 Å². The molecule has 284 valence electrons. The van der Waals surface area contributed by atoms with Gasteiger partial charge in [0.1, 0.15) is 11.8 Å². The van der Waals surface area contributed by atoms with Crippen LogP contribution in [0.4, 0.5) is 11.4 Å². The second-order valence-corrected chi connectivity index (χ2v) is 14.9. The molecule has 9 rings (SSSR count). The number of hydrogen-bond acceptors (Lipinski definition) is 9. The summed E-state index contributed by atoms with van der Waals surface area (Å²) in [6.45, 7) is 4.68. The number of phenols is 1. The van der Waals surface area contributed by atoms with Gasteiger partial charge in [-0.3, -0.25) is 19.4 Å². The highest BCUT2D eigenvalue weighted by atomic mass is 16.7. The minimum Gasteiger partial charge on any atom is -0.508 e. The number of hydrogen-bond donors (Lipinski definition) is 1. The van der Waals surface area contributed by atoms with Crippen molar-refractivity contribution < 1.29 is 28.9 Å². The van der Waals surface area contributed by atoms with Gasteiger partial charge < -0.3 is 29.1 Å². The van der Waals surface area contributed by atoms with E-state index in [-0.39, 0.29) is 36.4 Å². The number of aromatic hydroxyl groups is 1. The van der Waals surface area contributed by atoms with Crippen LogP contribution in [-0.4, -0.2) is 83.3 Å². The number of allylic oxidation sites excluding steroid dienone is 3. The lowest BCUT2D eigenvalue weighted by Gasteiger charge is -2.40. The molecule has 5 aliphatic heterocycles. The molecule has 11 heteroatoms. The zero-order chi connectivity index (χ0) is 38.2. The Morgan fingerprint density at radius 3 is 2.50 bits per heavy atom. The monoisotopic (exact) mass is 749 g/mol. The number of fused-ring (bicyclic) bond motifs is 3. The summed E-state index contributed by atoms with van der Waals surface area (Å²) in [7, 11) is 0. The number of morpholine rings is 1. The van der Waals surface area contributed by atoms with Gasteiger partial charge >= 0.3 is 0 Å². The molecule has 5 aliphatic rings. The van der Waals surface area contributed by atoms with Gasteiger partial charge in [-0.15, -0.1) is 0 Å². The summed E-state index contributed by atoms with van der Waals surface area (Å²) in [6, 6.07) is 26.7. The first-order chi connectivity index (χ1) is 27.4. The predicted molar refractivity (Wildman–Crippen MR) is 209 cm³/mol. The lowest BCUT2D eigenvalue weighted by atomic mass is 9.90. The second-order valence-electron chi connectivity index (χ2n) is 14.9. The Labute approximate surface area is 326 Å². The van der Waals surface area contributed by atoms with E-state index in [9.17, 15) is 10.4 Å². The fraction of sp³-hybridized carbons (Fsp3) is 0.311. The fourth-order valence-electron chi connectivity index (χ4n) is 8.83. The van der Waals surface area contributed by atoms with Crippen LogP contribution in [0.3, 0.4) is 0 Å². The van der Waals surface area contributed by atoms with Gasteiger partial charge in [-0.25, -0.2) is 0 Å². The number of benzene rings is 4. The van der Waals surface area contributed by atoms with Crippen molar-refractivity contribution in [1.29, 1.82) is 5.26 Å². The Morgan fingerprint density at radius 1 is 0.911 bits per heavy atom. The maximum absolute atomic E-state index is 15.2. The summed E-state index contributed by atoms with van der Waals surface area (Å²) in [5.41, 5.74) is 6.28. The minimum absolute atomic E-state index is 0.00663. The van der Waals surface area contributed by atoms with Crippen LogP contribution >= 0.6 is 0 Å². The maximum Gasteiger partial charge on any atom is 0.258 e. The smallest absolute Gasteiger partial charge is 0.258 e. The number of nitriles is 1. The molecule has 2 amide bonds. The molecule has 0 saturated carbocycles. The third-order valence-electron chi connectivity index (χ3n) is 11.7. The molecule has 2 saturated heterocycles. The van der Waals surface area contributed by atoms with Gasteiger partial charge in [0.2, 0.25) is 6.79 Å². The Morgan fingerprint density at radius 2 is 1.70 bits per heavy atom. The van der Waals surface area contributed by atoms with Crippen LogP contribution in [0.15, 0.2) is 109 Å². The summed E-state index contributed by atoms with van der Waals surface area (Å²) in [5.74, 6) is 0.900. The number of ether oxygens (including phenoxy) is 3. The zero-order valence-electron chi connectivity index (χ0n) is 31.0. The van der Waals surface area contributed by atoms with Crippen LogP contribution in [0, 0.1) is 11.3 Å². The van der Waals surface area contributed by atoms with Gasteiger partial charge in [0, 0.05) is 49.2 Å². The van der Waals surface area contributed by atoms with E-state index >= 15 is 9.59 Å². The van der Waals surface area contributed by atoms with Gasteiger partial charge in [-0.2, -0.15) is 5.26 Å². The van der Waals surface area contributed by atoms with E-state index in [4.69, 9.17) is 14.2 Å². The predicted octanol–water partition coefficient (Wildman–Crippen LogP) is 6.61. The quantitative estimate of drug-likeness (QED) is 0.213. The fourth-order valence-corrected chi connectivity index (χ4v) is 8.83. The normalized spacial score (nSPS) is 21.2. The van der Waals surface area contributed by atoms with E-state index in [1.165, 1.54) is 5.56 Å². The minimum atomic E-state index is -0.737. The maximum atomic E-state index is 15.2. The molecule has 11 nitrogen and oxygen atoms in total. The SMILES string of the molecule is N#Cc1cccc(N(C(=O)C2C=CC=C3CCC(c4cc5c(cc4C(=O)N4Cc6ccccc6C[C@H]4CCN4CCOCC4)OCO5)N32)c2ccc(O)cc2)c1. The van der Waals surface area contributed by atoms with Crippen molar-refractivity contribution in [3.63, 3.8) is 0 Å². The molecule has 5 heterocycles. The lowest BCUT2D eigenvalue weighted by molar-refractivity contribution is -0.121. The van der Waals surface area contributed by atoms with Crippen molar-refractivity contribution >= 4 is 23.2 Å². The molecule has 0 radical (unpaired) electrons. The van der Waals surface area contributed by atoms with Gasteiger partial charge in [-0.05, 0) is 103 Å². The average molecular weight is 750 g/mol. The van der Waals surface area contributed by atoms with Crippen LogP contribution in [-0.2, 0) is 22.5 Å². The topological polar surface area (TPSA) is 119 Å². The van der Waals surface area contributed by atoms with Gasteiger partial charge in [-0.1, -0.05) is 42.5 Å². The molecule has 3 atom stereocenters. The summed E-state index contributed by atoms with van der Waals surface area (Å²) in [6.07, 6.45) is 8.87. The van der Waals surface area contributed by atoms with Crippen molar-refractivity contribution in [3.05, 3.63) is 137 Å². The Hall–Kier alpha value is -6.09. The molecule has 0 spiro atoms. The van der Waals surface area contributed by atoms with Crippen molar-refractivity contribution in [3.8, 4) is 23.3 Å². The number of nitrogens with zero attached hydrogens (tertiary/aromatic N) is 5.